The minimum atomic E-state index is -0.754. The highest BCUT2D eigenvalue weighted by Gasteiger charge is 2.33. The maximum absolute atomic E-state index is 12.5. The van der Waals surface area contributed by atoms with Gasteiger partial charge < -0.3 is 10.0 Å². The number of carbonyl (C=O) groups excluding carboxylic acids is 1. The van der Waals surface area contributed by atoms with Crippen molar-refractivity contribution < 1.29 is 9.90 Å². The summed E-state index contributed by atoms with van der Waals surface area (Å²) in [6.45, 7) is 0.340. The summed E-state index contributed by atoms with van der Waals surface area (Å²) >= 11 is 6.16. The molecule has 2 aromatic rings. The van der Waals surface area contributed by atoms with Gasteiger partial charge >= 0.3 is 0 Å². The van der Waals surface area contributed by atoms with Gasteiger partial charge in [0.1, 0.15) is 5.69 Å². The molecule has 1 aromatic heterocycles. The minimum absolute atomic E-state index is 0.184. The maximum atomic E-state index is 12.5. The van der Waals surface area contributed by atoms with Crippen LogP contribution in [0.15, 0.2) is 30.3 Å². The summed E-state index contributed by atoms with van der Waals surface area (Å²) in [7, 11) is 1.70. The lowest BCUT2D eigenvalue weighted by molar-refractivity contribution is 0.0155. The molecule has 2 N–H and O–H groups in total. The fraction of sp³-hybridized carbons (Fsp3) is 0.412. The van der Waals surface area contributed by atoms with Crippen LogP contribution >= 0.6 is 11.6 Å². The van der Waals surface area contributed by atoms with E-state index in [1.165, 1.54) is 0 Å². The van der Waals surface area contributed by atoms with Crippen molar-refractivity contribution in [2.75, 3.05) is 13.6 Å². The van der Waals surface area contributed by atoms with Gasteiger partial charge in [0.05, 0.1) is 16.3 Å². The zero-order valence-corrected chi connectivity index (χ0v) is 13.8. The molecule has 0 saturated heterocycles. The number of likely N-dealkylation sites (N-methyl/N-ethyl adjacent to an activating group) is 1. The largest absolute Gasteiger partial charge is 0.388 e. The number of benzene rings is 1. The predicted octanol–water partition coefficient (Wildman–Crippen LogP) is 3.11. The topological polar surface area (TPSA) is 69.2 Å². The van der Waals surface area contributed by atoms with Gasteiger partial charge in [0.15, 0.2) is 0 Å². The summed E-state index contributed by atoms with van der Waals surface area (Å²) in [6, 6.07) is 9.06. The van der Waals surface area contributed by atoms with Gasteiger partial charge in [-0.15, -0.1) is 0 Å². The summed E-state index contributed by atoms with van der Waals surface area (Å²) in [5.41, 5.74) is 1.05. The molecule has 1 aromatic carbocycles. The van der Waals surface area contributed by atoms with Gasteiger partial charge in [-0.05, 0) is 25.0 Å². The molecule has 0 radical (unpaired) electrons. The van der Waals surface area contributed by atoms with Crippen LogP contribution in [-0.2, 0) is 0 Å². The first-order valence-corrected chi connectivity index (χ1v) is 8.14. The first kappa shape index (κ1) is 16.0. The van der Waals surface area contributed by atoms with E-state index in [1.807, 2.05) is 18.2 Å². The van der Waals surface area contributed by atoms with E-state index in [2.05, 4.69) is 10.2 Å². The van der Waals surface area contributed by atoms with Crippen molar-refractivity contribution in [3.8, 4) is 11.3 Å². The Morgan fingerprint density at radius 3 is 2.78 bits per heavy atom. The molecule has 1 aliphatic rings. The molecule has 122 valence electrons. The van der Waals surface area contributed by atoms with Crippen LogP contribution in [-0.4, -0.2) is 45.3 Å². The first-order valence-electron chi connectivity index (χ1n) is 7.77. The second kappa shape index (κ2) is 6.34. The quantitative estimate of drug-likeness (QED) is 0.903. The van der Waals surface area contributed by atoms with E-state index in [0.717, 1.165) is 31.2 Å². The number of rotatable bonds is 4. The molecule has 1 amide bonds. The van der Waals surface area contributed by atoms with E-state index in [4.69, 9.17) is 11.6 Å². The third-order valence-electron chi connectivity index (χ3n) is 4.37. The van der Waals surface area contributed by atoms with Crippen molar-refractivity contribution in [1.82, 2.24) is 15.1 Å². The van der Waals surface area contributed by atoms with Crippen LogP contribution in [0.25, 0.3) is 11.3 Å². The number of hydrogen-bond acceptors (Lipinski definition) is 3. The summed E-state index contributed by atoms with van der Waals surface area (Å²) < 4.78 is 0. The molecular formula is C17H20ClN3O2. The number of nitrogens with one attached hydrogen (secondary N) is 1. The van der Waals surface area contributed by atoms with E-state index in [0.29, 0.717) is 23.0 Å². The number of H-pyrrole nitrogens is 1. The van der Waals surface area contributed by atoms with Gasteiger partial charge in [-0.3, -0.25) is 9.89 Å². The molecule has 5 nitrogen and oxygen atoms in total. The predicted molar refractivity (Wildman–Crippen MR) is 89.4 cm³/mol. The molecule has 1 fully saturated rings. The molecule has 0 aliphatic heterocycles. The molecule has 23 heavy (non-hydrogen) atoms. The molecule has 0 unspecified atom stereocenters. The molecule has 6 heteroatoms. The molecule has 0 bridgehead atoms. The van der Waals surface area contributed by atoms with Gasteiger partial charge in [0.25, 0.3) is 5.91 Å². The number of carbonyl (C=O) groups is 1. The first-order chi connectivity index (χ1) is 11.0. The van der Waals surface area contributed by atoms with Crippen molar-refractivity contribution in [3.63, 3.8) is 0 Å². The Balaban J connectivity index is 1.74. The second-order valence-electron chi connectivity index (χ2n) is 6.24. The van der Waals surface area contributed by atoms with Crippen LogP contribution in [0.3, 0.4) is 0 Å². The van der Waals surface area contributed by atoms with Gasteiger partial charge in [-0.25, -0.2) is 0 Å². The maximum Gasteiger partial charge on any atom is 0.271 e. The lowest BCUT2D eigenvalue weighted by Gasteiger charge is -2.28. The van der Waals surface area contributed by atoms with Crippen molar-refractivity contribution in [2.24, 2.45) is 0 Å². The molecule has 1 aliphatic carbocycles. The molecule has 1 saturated carbocycles. The number of nitrogens with zero attached hydrogens (tertiary/aromatic N) is 2. The van der Waals surface area contributed by atoms with E-state index in [9.17, 15) is 9.90 Å². The lowest BCUT2D eigenvalue weighted by Crippen LogP contribution is -2.42. The minimum Gasteiger partial charge on any atom is -0.388 e. The molecule has 3 rings (SSSR count). The Labute approximate surface area is 140 Å². The standard InChI is InChI=1S/C17H20ClN3O2/c1-21(11-17(23)8-4-5-9-17)16(22)15-10-14(19-20-15)12-6-2-3-7-13(12)18/h2-3,6-7,10,23H,4-5,8-9,11H2,1H3,(H,19,20). The average Bonchev–Trinajstić information content (AvgIpc) is 3.16. The van der Waals surface area contributed by atoms with E-state index < -0.39 is 5.60 Å². The highest BCUT2D eigenvalue weighted by molar-refractivity contribution is 6.33. The van der Waals surface area contributed by atoms with Gasteiger partial charge in [0, 0.05) is 19.2 Å². The summed E-state index contributed by atoms with van der Waals surface area (Å²) in [6.07, 6.45) is 3.52. The highest BCUT2D eigenvalue weighted by Crippen LogP contribution is 2.30. The number of aliphatic hydroxyl groups is 1. The van der Waals surface area contributed by atoms with Crippen LogP contribution in [0.5, 0.6) is 0 Å². The number of aromatic amines is 1. The van der Waals surface area contributed by atoms with Crippen molar-refractivity contribution in [3.05, 3.63) is 41.0 Å². The second-order valence-corrected chi connectivity index (χ2v) is 6.65. The average molecular weight is 334 g/mol. The van der Waals surface area contributed by atoms with Crippen LogP contribution < -0.4 is 0 Å². The third kappa shape index (κ3) is 3.41. The Hall–Kier alpha value is -1.85. The van der Waals surface area contributed by atoms with E-state index >= 15 is 0 Å². The molecule has 0 atom stereocenters. The molecule has 1 heterocycles. The van der Waals surface area contributed by atoms with Gasteiger partial charge in [-0.2, -0.15) is 5.10 Å². The Morgan fingerprint density at radius 1 is 1.39 bits per heavy atom. The number of hydrogen-bond donors (Lipinski definition) is 2. The lowest BCUT2D eigenvalue weighted by atomic mass is 10.0. The van der Waals surface area contributed by atoms with Crippen molar-refractivity contribution in [1.29, 1.82) is 0 Å². The molecular weight excluding hydrogens is 314 g/mol. The van der Waals surface area contributed by atoms with Crippen LogP contribution in [0.2, 0.25) is 5.02 Å². The highest BCUT2D eigenvalue weighted by atomic mass is 35.5. The Bertz CT molecular complexity index is 707. The zero-order chi connectivity index (χ0) is 16.4. The fourth-order valence-corrected chi connectivity index (χ4v) is 3.38. The summed E-state index contributed by atoms with van der Waals surface area (Å²) in [5.74, 6) is -0.184. The zero-order valence-electron chi connectivity index (χ0n) is 13.1. The van der Waals surface area contributed by atoms with E-state index in [1.54, 1.807) is 24.1 Å². The van der Waals surface area contributed by atoms with Crippen LogP contribution in [0, 0.1) is 0 Å². The van der Waals surface area contributed by atoms with E-state index in [-0.39, 0.29) is 5.91 Å². The number of amides is 1. The SMILES string of the molecule is CN(CC1(O)CCCC1)C(=O)c1cc(-c2ccccc2Cl)n[nH]1. The van der Waals surface area contributed by atoms with Crippen LogP contribution in [0.1, 0.15) is 36.2 Å². The smallest absolute Gasteiger partial charge is 0.271 e. The molecule has 0 spiro atoms. The van der Waals surface area contributed by atoms with Crippen molar-refractivity contribution in [2.45, 2.75) is 31.3 Å². The summed E-state index contributed by atoms with van der Waals surface area (Å²) in [5, 5.41) is 18.0. The van der Waals surface area contributed by atoms with Crippen LogP contribution in [0.4, 0.5) is 0 Å². The Kier molecular flexibility index (Phi) is 4.41. The number of aromatic nitrogens is 2. The monoisotopic (exact) mass is 333 g/mol. The third-order valence-corrected chi connectivity index (χ3v) is 4.70. The van der Waals surface area contributed by atoms with Crippen molar-refractivity contribution >= 4 is 17.5 Å². The Morgan fingerprint density at radius 2 is 2.09 bits per heavy atom. The van der Waals surface area contributed by atoms with Gasteiger partial charge in [-0.1, -0.05) is 42.6 Å². The number of halogens is 1. The summed E-state index contributed by atoms with van der Waals surface area (Å²) in [4.78, 5) is 14.1. The fourth-order valence-electron chi connectivity index (χ4n) is 3.15. The normalized spacial score (nSPS) is 16.5. The van der Waals surface area contributed by atoms with Gasteiger partial charge in [0.2, 0.25) is 0 Å².